The minimum absolute atomic E-state index is 0.359. The van der Waals surface area contributed by atoms with Gasteiger partial charge in [0, 0.05) is 24.2 Å². The lowest BCUT2D eigenvalue weighted by molar-refractivity contribution is 0.149. The first-order valence-corrected chi connectivity index (χ1v) is 7.29. The average Bonchev–Trinajstić information content (AvgIpc) is 2.41. The molecule has 0 amide bonds. The second-order valence-corrected chi connectivity index (χ2v) is 5.77. The van der Waals surface area contributed by atoms with Crippen molar-refractivity contribution in [3.05, 3.63) is 34.9 Å². The zero-order valence-electron chi connectivity index (χ0n) is 11.1. The van der Waals surface area contributed by atoms with Gasteiger partial charge in [-0.05, 0) is 49.4 Å². The van der Waals surface area contributed by atoms with Crippen LogP contribution in [0.3, 0.4) is 0 Å². The highest BCUT2D eigenvalue weighted by Gasteiger charge is 2.23. The van der Waals surface area contributed by atoms with Crippen LogP contribution < -0.4 is 5.73 Å². The van der Waals surface area contributed by atoms with Crippen molar-refractivity contribution in [2.24, 2.45) is 11.7 Å². The minimum Gasteiger partial charge on any atom is -0.327 e. The van der Waals surface area contributed by atoms with Gasteiger partial charge in [0.2, 0.25) is 0 Å². The molecule has 1 saturated heterocycles. The summed E-state index contributed by atoms with van der Waals surface area (Å²) in [5.74, 6) is 0.663. The maximum atomic E-state index is 6.18. The van der Waals surface area contributed by atoms with E-state index in [-0.39, 0.29) is 0 Å². The van der Waals surface area contributed by atoms with Gasteiger partial charge in [0.1, 0.15) is 0 Å². The van der Waals surface area contributed by atoms with E-state index in [0.717, 1.165) is 24.5 Å². The third kappa shape index (κ3) is 3.71. The molecule has 2 N–H and O–H groups in total. The van der Waals surface area contributed by atoms with E-state index in [4.69, 9.17) is 17.3 Å². The molecule has 1 aliphatic heterocycles. The van der Waals surface area contributed by atoms with Crippen LogP contribution >= 0.6 is 11.6 Å². The Morgan fingerprint density at radius 1 is 1.39 bits per heavy atom. The first-order chi connectivity index (χ1) is 8.69. The Hall–Kier alpha value is -0.570. The predicted octanol–water partition coefficient (Wildman–Crippen LogP) is 3.29. The number of likely N-dealkylation sites (tertiary alicyclic amines) is 1. The first kappa shape index (κ1) is 13.9. The van der Waals surface area contributed by atoms with E-state index in [2.05, 4.69) is 24.0 Å². The third-order valence-corrected chi connectivity index (χ3v) is 4.19. The fourth-order valence-corrected chi connectivity index (χ4v) is 2.89. The molecule has 2 unspecified atom stereocenters. The largest absolute Gasteiger partial charge is 0.327 e. The average molecular weight is 267 g/mol. The molecule has 1 heterocycles. The fourth-order valence-electron chi connectivity index (χ4n) is 2.77. The third-order valence-electron chi connectivity index (χ3n) is 3.94. The van der Waals surface area contributed by atoms with Crippen molar-refractivity contribution in [2.75, 3.05) is 13.1 Å². The Morgan fingerprint density at radius 2 is 2.11 bits per heavy atom. The van der Waals surface area contributed by atoms with Gasteiger partial charge in [0.15, 0.2) is 0 Å². The van der Waals surface area contributed by atoms with Crippen LogP contribution in [0.1, 0.15) is 31.7 Å². The number of rotatable bonds is 4. The van der Waals surface area contributed by atoms with Gasteiger partial charge in [0.25, 0.3) is 0 Å². The summed E-state index contributed by atoms with van der Waals surface area (Å²) in [6, 6.07) is 8.53. The SMILES string of the molecule is CCC(N)C1CCCN(Cc2ccc(Cl)cc2)C1. The van der Waals surface area contributed by atoms with E-state index in [1.807, 2.05) is 12.1 Å². The summed E-state index contributed by atoms with van der Waals surface area (Å²) < 4.78 is 0. The molecule has 2 nitrogen and oxygen atoms in total. The molecule has 18 heavy (non-hydrogen) atoms. The quantitative estimate of drug-likeness (QED) is 0.906. The molecule has 1 aromatic rings. The molecule has 0 radical (unpaired) electrons. The smallest absolute Gasteiger partial charge is 0.0406 e. The van der Waals surface area contributed by atoms with Crippen LogP contribution in [0.2, 0.25) is 5.02 Å². The molecule has 0 saturated carbocycles. The molecule has 100 valence electrons. The van der Waals surface area contributed by atoms with Crippen molar-refractivity contribution in [3.8, 4) is 0 Å². The summed E-state index contributed by atoms with van der Waals surface area (Å²) in [5, 5.41) is 0.809. The lowest BCUT2D eigenvalue weighted by Crippen LogP contribution is -2.42. The molecular formula is C15H23ClN2. The van der Waals surface area contributed by atoms with E-state index in [9.17, 15) is 0 Å². The molecule has 0 spiro atoms. The number of nitrogens with two attached hydrogens (primary N) is 1. The maximum absolute atomic E-state index is 6.18. The van der Waals surface area contributed by atoms with E-state index in [1.54, 1.807) is 0 Å². The van der Waals surface area contributed by atoms with Gasteiger partial charge in [-0.1, -0.05) is 30.7 Å². The van der Waals surface area contributed by atoms with E-state index in [0.29, 0.717) is 12.0 Å². The van der Waals surface area contributed by atoms with Crippen LogP contribution in [0.4, 0.5) is 0 Å². The second kappa shape index (κ2) is 6.55. The summed E-state index contributed by atoms with van der Waals surface area (Å²) >= 11 is 5.91. The van der Waals surface area contributed by atoms with Crippen LogP contribution in [0, 0.1) is 5.92 Å². The standard InChI is InChI=1S/C15H23ClN2/c1-2-15(17)13-4-3-9-18(11-13)10-12-5-7-14(16)8-6-12/h5-8,13,15H,2-4,9-11,17H2,1H3. The highest BCUT2D eigenvalue weighted by molar-refractivity contribution is 6.30. The van der Waals surface area contributed by atoms with Crippen LogP contribution in [0.5, 0.6) is 0 Å². The van der Waals surface area contributed by atoms with E-state index >= 15 is 0 Å². The fraction of sp³-hybridized carbons (Fsp3) is 0.600. The van der Waals surface area contributed by atoms with Crippen LogP contribution in [0.25, 0.3) is 0 Å². The highest BCUT2D eigenvalue weighted by Crippen LogP contribution is 2.22. The summed E-state index contributed by atoms with van der Waals surface area (Å²) in [5.41, 5.74) is 7.52. The number of nitrogens with zero attached hydrogens (tertiary/aromatic N) is 1. The molecule has 0 aliphatic carbocycles. The van der Waals surface area contributed by atoms with Gasteiger partial charge in [0.05, 0.1) is 0 Å². The number of halogens is 1. The van der Waals surface area contributed by atoms with Gasteiger partial charge < -0.3 is 5.73 Å². The molecule has 3 heteroatoms. The summed E-state index contributed by atoms with van der Waals surface area (Å²) in [4.78, 5) is 2.52. The first-order valence-electron chi connectivity index (χ1n) is 6.91. The van der Waals surface area contributed by atoms with Crippen molar-refractivity contribution >= 4 is 11.6 Å². The molecule has 1 fully saturated rings. The molecule has 1 aliphatic rings. The number of piperidine rings is 1. The highest BCUT2D eigenvalue weighted by atomic mass is 35.5. The molecular weight excluding hydrogens is 244 g/mol. The Morgan fingerprint density at radius 3 is 2.78 bits per heavy atom. The maximum Gasteiger partial charge on any atom is 0.0406 e. The van der Waals surface area contributed by atoms with Crippen LogP contribution in [0.15, 0.2) is 24.3 Å². The lowest BCUT2D eigenvalue weighted by atomic mass is 9.89. The summed E-state index contributed by atoms with van der Waals surface area (Å²) in [6.45, 7) is 5.53. The van der Waals surface area contributed by atoms with Gasteiger partial charge >= 0.3 is 0 Å². The van der Waals surface area contributed by atoms with Crippen LogP contribution in [-0.4, -0.2) is 24.0 Å². The summed E-state index contributed by atoms with van der Waals surface area (Å²) in [6.07, 6.45) is 3.64. The topological polar surface area (TPSA) is 29.3 Å². The molecule has 0 aromatic heterocycles. The molecule has 2 atom stereocenters. The van der Waals surface area contributed by atoms with Crippen molar-refractivity contribution in [1.82, 2.24) is 4.90 Å². The predicted molar refractivity (Wildman–Crippen MR) is 77.7 cm³/mol. The van der Waals surface area contributed by atoms with Gasteiger partial charge in [-0.15, -0.1) is 0 Å². The van der Waals surface area contributed by atoms with Gasteiger partial charge in [-0.25, -0.2) is 0 Å². The van der Waals surface area contributed by atoms with Crippen molar-refractivity contribution < 1.29 is 0 Å². The van der Waals surface area contributed by atoms with E-state index < -0.39 is 0 Å². The Labute approximate surface area is 115 Å². The molecule has 1 aromatic carbocycles. The number of benzene rings is 1. The van der Waals surface area contributed by atoms with Crippen molar-refractivity contribution in [2.45, 2.75) is 38.8 Å². The summed E-state index contributed by atoms with van der Waals surface area (Å²) in [7, 11) is 0. The van der Waals surface area contributed by atoms with Crippen LogP contribution in [-0.2, 0) is 6.54 Å². The zero-order chi connectivity index (χ0) is 13.0. The van der Waals surface area contributed by atoms with Gasteiger partial charge in [-0.3, -0.25) is 4.90 Å². The van der Waals surface area contributed by atoms with Crippen molar-refractivity contribution in [3.63, 3.8) is 0 Å². The minimum atomic E-state index is 0.359. The monoisotopic (exact) mass is 266 g/mol. The Balaban J connectivity index is 1.91. The van der Waals surface area contributed by atoms with E-state index in [1.165, 1.54) is 24.9 Å². The normalized spacial score (nSPS) is 22.9. The van der Waals surface area contributed by atoms with Gasteiger partial charge in [-0.2, -0.15) is 0 Å². The number of hydrogen-bond acceptors (Lipinski definition) is 2. The Kier molecular flexibility index (Phi) is 5.04. The number of hydrogen-bond donors (Lipinski definition) is 1. The molecule has 2 rings (SSSR count). The van der Waals surface area contributed by atoms with Crippen molar-refractivity contribution in [1.29, 1.82) is 0 Å². The second-order valence-electron chi connectivity index (χ2n) is 5.34. The lowest BCUT2D eigenvalue weighted by Gasteiger charge is -2.35. The molecule has 0 bridgehead atoms. The zero-order valence-corrected chi connectivity index (χ0v) is 11.9. The Bertz CT molecular complexity index is 363.